The molecule has 2 nitrogen and oxygen atoms in total. The van der Waals surface area contributed by atoms with E-state index in [1.54, 1.807) is 6.26 Å². The molecule has 0 spiro atoms. The van der Waals surface area contributed by atoms with Crippen molar-refractivity contribution in [1.29, 1.82) is 0 Å². The lowest BCUT2D eigenvalue weighted by molar-refractivity contribution is 0.443. The maximum absolute atomic E-state index is 10.9. The van der Waals surface area contributed by atoms with Crippen LogP contribution in [0.1, 0.15) is 33.6 Å². The zero-order valence-electron chi connectivity index (χ0n) is 8.59. The Morgan fingerprint density at radius 2 is 1.83 bits per heavy atom. The summed E-state index contributed by atoms with van der Waals surface area (Å²) in [6.07, 6.45) is 4.06. The van der Waals surface area contributed by atoms with Crippen molar-refractivity contribution in [3.8, 4) is 0 Å². The first-order chi connectivity index (χ1) is 5.60. The van der Waals surface area contributed by atoms with Gasteiger partial charge in [-0.05, 0) is 19.8 Å². The molecule has 12 heavy (non-hydrogen) atoms. The van der Waals surface area contributed by atoms with Gasteiger partial charge in [0.05, 0.1) is 0 Å². The Bertz CT molecular complexity index is 134. The second kappa shape index (κ2) is 6.61. The summed E-state index contributed by atoms with van der Waals surface area (Å²) in [5, 5.41) is 3.45. The molecule has 2 unspecified atom stereocenters. The Morgan fingerprint density at radius 1 is 1.33 bits per heavy atom. The minimum absolute atomic E-state index is 0.376. The van der Waals surface area contributed by atoms with Gasteiger partial charge in [0.25, 0.3) is 0 Å². The van der Waals surface area contributed by atoms with Gasteiger partial charge < -0.3 is 5.32 Å². The molecule has 0 aliphatic rings. The van der Waals surface area contributed by atoms with Gasteiger partial charge in [-0.3, -0.25) is 4.21 Å². The molecule has 1 N–H and O–H groups in total. The SMILES string of the molecule is CCC(CC)NC(C)CS(C)=O. The Labute approximate surface area is 78.6 Å². The van der Waals surface area contributed by atoms with Crippen LogP contribution in [0.15, 0.2) is 0 Å². The topological polar surface area (TPSA) is 29.1 Å². The van der Waals surface area contributed by atoms with E-state index in [-0.39, 0.29) is 0 Å². The first kappa shape index (κ1) is 12.1. The summed E-state index contributed by atoms with van der Waals surface area (Å²) in [6.45, 7) is 6.45. The molecule has 0 heterocycles. The standard InChI is InChI=1S/C9H21NOS/c1-5-9(6-2)10-8(3)7-12(4)11/h8-10H,5-7H2,1-4H3. The summed E-state index contributed by atoms with van der Waals surface area (Å²) in [7, 11) is -0.679. The fourth-order valence-corrected chi connectivity index (χ4v) is 2.13. The van der Waals surface area contributed by atoms with Gasteiger partial charge in [-0.2, -0.15) is 0 Å². The van der Waals surface area contributed by atoms with E-state index in [4.69, 9.17) is 0 Å². The third kappa shape index (κ3) is 5.72. The van der Waals surface area contributed by atoms with E-state index < -0.39 is 10.8 Å². The molecular weight excluding hydrogens is 170 g/mol. The molecule has 0 rings (SSSR count). The summed E-state index contributed by atoms with van der Waals surface area (Å²) >= 11 is 0. The van der Waals surface area contributed by atoms with E-state index in [0.29, 0.717) is 12.1 Å². The van der Waals surface area contributed by atoms with Gasteiger partial charge in [0.2, 0.25) is 0 Å². The summed E-state index contributed by atoms with van der Waals surface area (Å²) in [4.78, 5) is 0. The second-order valence-electron chi connectivity index (χ2n) is 3.32. The molecule has 0 aliphatic heterocycles. The predicted molar refractivity (Wildman–Crippen MR) is 55.9 cm³/mol. The maximum atomic E-state index is 10.9. The van der Waals surface area contributed by atoms with Crippen LogP contribution in [0.5, 0.6) is 0 Å². The molecule has 0 radical (unpaired) electrons. The highest BCUT2D eigenvalue weighted by Gasteiger charge is 2.08. The second-order valence-corrected chi connectivity index (χ2v) is 4.80. The lowest BCUT2D eigenvalue weighted by Crippen LogP contribution is -2.38. The molecule has 0 aromatic carbocycles. The predicted octanol–water partition coefficient (Wildman–Crippen LogP) is 1.53. The Hall–Kier alpha value is 0.110. The number of nitrogens with one attached hydrogen (secondary N) is 1. The van der Waals surface area contributed by atoms with Gasteiger partial charge >= 0.3 is 0 Å². The van der Waals surface area contributed by atoms with Gasteiger partial charge in [0, 0.05) is 34.9 Å². The van der Waals surface area contributed by atoms with Crippen molar-refractivity contribution < 1.29 is 4.21 Å². The van der Waals surface area contributed by atoms with Gasteiger partial charge in [-0.15, -0.1) is 0 Å². The highest BCUT2D eigenvalue weighted by atomic mass is 32.2. The Balaban J connectivity index is 3.65. The molecule has 74 valence electrons. The third-order valence-electron chi connectivity index (χ3n) is 1.99. The first-order valence-corrected chi connectivity index (χ1v) is 6.38. The van der Waals surface area contributed by atoms with Crippen molar-refractivity contribution in [3.63, 3.8) is 0 Å². The quantitative estimate of drug-likeness (QED) is 0.690. The van der Waals surface area contributed by atoms with Crippen molar-refractivity contribution in [3.05, 3.63) is 0 Å². The van der Waals surface area contributed by atoms with Crippen LogP contribution in [-0.2, 0) is 10.8 Å². The van der Waals surface area contributed by atoms with Crippen LogP contribution < -0.4 is 5.32 Å². The van der Waals surface area contributed by atoms with Crippen LogP contribution >= 0.6 is 0 Å². The van der Waals surface area contributed by atoms with E-state index in [2.05, 4.69) is 26.1 Å². The van der Waals surface area contributed by atoms with Crippen molar-refractivity contribution in [2.75, 3.05) is 12.0 Å². The molecule has 0 amide bonds. The summed E-state index contributed by atoms with van der Waals surface area (Å²) < 4.78 is 10.9. The number of hydrogen-bond acceptors (Lipinski definition) is 2. The van der Waals surface area contributed by atoms with Crippen LogP contribution in [0.3, 0.4) is 0 Å². The fraction of sp³-hybridized carbons (Fsp3) is 1.00. The molecule has 2 atom stereocenters. The first-order valence-electron chi connectivity index (χ1n) is 4.66. The largest absolute Gasteiger partial charge is 0.311 e. The van der Waals surface area contributed by atoms with Crippen LogP contribution in [0.25, 0.3) is 0 Å². The number of hydrogen-bond donors (Lipinski definition) is 1. The minimum Gasteiger partial charge on any atom is -0.311 e. The van der Waals surface area contributed by atoms with E-state index in [1.807, 2.05) is 0 Å². The van der Waals surface area contributed by atoms with Crippen LogP contribution in [0, 0.1) is 0 Å². The lowest BCUT2D eigenvalue weighted by atomic mass is 10.1. The van der Waals surface area contributed by atoms with Crippen LogP contribution in [0.2, 0.25) is 0 Å². The molecule has 0 aromatic heterocycles. The maximum Gasteiger partial charge on any atom is 0.0383 e. The van der Waals surface area contributed by atoms with Gasteiger partial charge in [0.15, 0.2) is 0 Å². The monoisotopic (exact) mass is 191 g/mol. The fourth-order valence-electron chi connectivity index (χ4n) is 1.33. The summed E-state index contributed by atoms with van der Waals surface area (Å²) in [5.41, 5.74) is 0. The average molecular weight is 191 g/mol. The molecule has 0 aliphatic carbocycles. The molecular formula is C9H21NOS. The van der Waals surface area contributed by atoms with E-state index in [1.165, 1.54) is 0 Å². The molecule has 0 aromatic rings. The van der Waals surface area contributed by atoms with E-state index in [0.717, 1.165) is 18.6 Å². The van der Waals surface area contributed by atoms with Crippen LogP contribution in [-0.4, -0.2) is 28.3 Å². The number of rotatable bonds is 6. The van der Waals surface area contributed by atoms with E-state index >= 15 is 0 Å². The molecule has 0 fully saturated rings. The van der Waals surface area contributed by atoms with Crippen LogP contribution in [0.4, 0.5) is 0 Å². The zero-order chi connectivity index (χ0) is 9.56. The Morgan fingerprint density at radius 3 is 2.17 bits per heavy atom. The Kier molecular flexibility index (Phi) is 6.67. The molecule has 0 saturated carbocycles. The van der Waals surface area contributed by atoms with Crippen molar-refractivity contribution in [2.24, 2.45) is 0 Å². The zero-order valence-corrected chi connectivity index (χ0v) is 9.41. The van der Waals surface area contributed by atoms with E-state index in [9.17, 15) is 4.21 Å². The summed E-state index contributed by atoms with van der Waals surface area (Å²) in [5.74, 6) is 0.760. The summed E-state index contributed by atoms with van der Waals surface area (Å²) in [6, 6.07) is 0.962. The third-order valence-corrected chi connectivity index (χ3v) is 2.96. The van der Waals surface area contributed by atoms with Crippen molar-refractivity contribution in [2.45, 2.75) is 45.7 Å². The smallest absolute Gasteiger partial charge is 0.0383 e. The average Bonchev–Trinajstić information content (AvgIpc) is 1.98. The van der Waals surface area contributed by atoms with Gasteiger partial charge in [-0.25, -0.2) is 0 Å². The molecule has 0 saturated heterocycles. The van der Waals surface area contributed by atoms with Gasteiger partial charge in [-0.1, -0.05) is 13.8 Å². The van der Waals surface area contributed by atoms with Crippen molar-refractivity contribution >= 4 is 10.8 Å². The molecule has 3 heteroatoms. The molecule has 0 bridgehead atoms. The van der Waals surface area contributed by atoms with Gasteiger partial charge in [0.1, 0.15) is 0 Å². The lowest BCUT2D eigenvalue weighted by Gasteiger charge is -2.19. The normalized spacial score (nSPS) is 16.4. The van der Waals surface area contributed by atoms with Crippen molar-refractivity contribution in [1.82, 2.24) is 5.32 Å². The highest BCUT2D eigenvalue weighted by molar-refractivity contribution is 7.84. The minimum atomic E-state index is -0.679. The highest BCUT2D eigenvalue weighted by Crippen LogP contribution is 1.98.